The van der Waals surface area contributed by atoms with Gasteiger partial charge in [-0.2, -0.15) is 0 Å². The minimum atomic E-state index is -2.23. The van der Waals surface area contributed by atoms with Crippen LogP contribution in [0.2, 0.25) is 0 Å². The predicted molar refractivity (Wildman–Crippen MR) is 83.9 cm³/mol. The molecule has 134 valence electrons. The molecule has 3 nitrogen and oxygen atoms in total. The Bertz CT molecular complexity index is 1010. The zero-order valence-corrected chi connectivity index (χ0v) is 13.6. The van der Waals surface area contributed by atoms with Crippen LogP contribution in [0.5, 0.6) is 0 Å². The van der Waals surface area contributed by atoms with E-state index in [1.807, 2.05) is 0 Å². The number of aromatic nitrogens is 2. The zero-order chi connectivity index (χ0) is 19.2. The van der Waals surface area contributed by atoms with Gasteiger partial charge in [0.25, 0.3) is 0 Å². The summed E-state index contributed by atoms with van der Waals surface area (Å²) in [5.41, 5.74) is -0.673. The minimum Gasteiger partial charge on any atom is -0.333 e. The van der Waals surface area contributed by atoms with Crippen molar-refractivity contribution in [2.75, 3.05) is 0 Å². The lowest BCUT2D eigenvalue weighted by Crippen LogP contribution is -2.04. The van der Waals surface area contributed by atoms with Crippen molar-refractivity contribution in [2.45, 2.75) is 6.92 Å². The molecular weight excluding hydrogens is 355 g/mol. The number of halogens is 5. The fourth-order valence-corrected chi connectivity index (χ4v) is 2.56. The topological polar surface area (TPSA) is 34.9 Å². The van der Waals surface area contributed by atoms with E-state index in [1.54, 1.807) is 18.2 Å². The number of nitrogens with zero attached hydrogens (tertiary/aromatic N) is 2. The Morgan fingerprint density at radius 3 is 2.12 bits per heavy atom. The normalized spacial score (nSPS) is 11.0. The second kappa shape index (κ2) is 6.36. The summed E-state index contributed by atoms with van der Waals surface area (Å²) in [4.78, 5) is 15.5. The molecule has 0 unspecified atom stereocenters. The summed E-state index contributed by atoms with van der Waals surface area (Å²) >= 11 is 0. The van der Waals surface area contributed by atoms with Gasteiger partial charge in [0.05, 0.1) is 11.3 Å². The molecule has 0 saturated heterocycles. The Labute approximate surface area is 144 Å². The Morgan fingerprint density at radius 2 is 1.54 bits per heavy atom. The van der Waals surface area contributed by atoms with Gasteiger partial charge in [-0.05, 0) is 13.0 Å². The lowest BCUT2D eigenvalue weighted by molar-refractivity contribution is 0.101. The maximum absolute atomic E-state index is 14.0. The van der Waals surface area contributed by atoms with Crippen molar-refractivity contribution in [3.63, 3.8) is 0 Å². The molecule has 3 aromatic rings. The zero-order valence-electron chi connectivity index (χ0n) is 13.6. The molecule has 0 amide bonds. The quantitative estimate of drug-likeness (QED) is 0.293. The van der Waals surface area contributed by atoms with Gasteiger partial charge in [-0.3, -0.25) is 4.79 Å². The number of hydrogen-bond acceptors (Lipinski definition) is 2. The molecule has 0 aliphatic carbocycles. The first-order valence-corrected chi connectivity index (χ1v) is 7.39. The smallest absolute Gasteiger partial charge is 0.200 e. The highest BCUT2D eigenvalue weighted by Crippen LogP contribution is 2.32. The van der Waals surface area contributed by atoms with Crippen LogP contribution in [0.15, 0.2) is 30.5 Å². The molecule has 3 rings (SSSR count). The molecule has 26 heavy (non-hydrogen) atoms. The lowest BCUT2D eigenvalue weighted by Gasteiger charge is -2.05. The molecule has 0 radical (unpaired) electrons. The number of carbonyl (C=O) groups is 1. The molecule has 0 spiro atoms. The van der Waals surface area contributed by atoms with Crippen molar-refractivity contribution in [1.29, 1.82) is 0 Å². The molecule has 2 aromatic carbocycles. The van der Waals surface area contributed by atoms with Crippen LogP contribution in [-0.2, 0) is 7.05 Å². The van der Waals surface area contributed by atoms with E-state index in [0.717, 1.165) is 6.20 Å². The summed E-state index contributed by atoms with van der Waals surface area (Å²) in [5, 5.41) is 0. The van der Waals surface area contributed by atoms with Crippen molar-refractivity contribution in [1.82, 2.24) is 9.55 Å². The Balaban J connectivity index is 2.19. The van der Waals surface area contributed by atoms with Crippen LogP contribution >= 0.6 is 0 Å². The van der Waals surface area contributed by atoms with Crippen molar-refractivity contribution in [2.24, 2.45) is 7.05 Å². The highest BCUT2D eigenvalue weighted by Gasteiger charge is 2.28. The average Bonchev–Trinajstić information content (AvgIpc) is 3.00. The van der Waals surface area contributed by atoms with Gasteiger partial charge in [0, 0.05) is 24.4 Å². The standard InChI is InChI=1S/C18H11F5N2O/c1-8(26)9-4-3-5-10(6-9)18-24-11(7-25(18)2)12-13(19)15(21)17(23)16(22)14(12)20/h3-7H,1-2H3. The van der Waals surface area contributed by atoms with E-state index in [2.05, 4.69) is 4.98 Å². The van der Waals surface area contributed by atoms with Crippen LogP contribution in [0.1, 0.15) is 17.3 Å². The molecule has 0 aliphatic heterocycles. The monoisotopic (exact) mass is 366 g/mol. The molecule has 0 fully saturated rings. The van der Waals surface area contributed by atoms with Gasteiger partial charge in [0.2, 0.25) is 5.82 Å². The van der Waals surface area contributed by atoms with Crippen molar-refractivity contribution in [3.05, 3.63) is 65.1 Å². The fraction of sp³-hybridized carbons (Fsp3) is 0.111. The number of ketones is 1. The molecule has 0 N–H and O–H groups in total. The van der Waals surface area contributed by atoms with Crippen LogP contribution in [0.3, 0.4) is 0 Å². The molecule has 8 heteroatoms. The third-order valence-electron chi connectivity index (χ3n) is 3.87. The summed E-state index contributed by atoms with van der Waals surface area (Å²) < 4.78 is 69.4. The van der Waals surface area contributed by atoms with E-state index >= 15 is 0 Å². The maximum atomic E-state index is 14.0. The largest absolute Gasteiger partial charge is 0.333 e. The number of benzene rings is 2. The van der Waals surface area contributed by atoms with Gasteiger partial charge in [-0.1, -0.05) is 18.2 Å². The number of carbonyl (C=O) groups excluding carboxylic acids is 1. The van der Waals surface area contributed by atoms with E-state index in [4.69, 9.17) is 0 Å². The van der Waals surface area contributed by atoms with Gasteiger partial charge < -0.3 is 4.57 Å². The average molecular weight is 366 g/mol. The van der Waals surface area contributed by atoms with Crippen LogP contribution in [0, 0.1) is 29.1 Å². The maximum Gasteiger partial charge on any atom is 0.200 e. The third kappa shape index (κ3) is 2.77. The summed E-state index contributed by atoms with van der Waals surface area (Å²) in [6.07, 6.45) is 1.15. The fourth-order valence-electron chi connectivity index (χ4n) is 2.56. The van der Waals surface area contributed by atoms with Crippen molar-refractivity contribution >= 4 is 5.78 Å². The third-order valence-corrected chi connectivity index (χ3v) is 3.87. The van der Waals surface area contributed by atoms with E-state index < -0.39 is 40.3 Å². The van der Waals surface area contributed by atoms with Gasteiger partial charge in [-0.25, -0.2) is 26.9 Å². The van der Waals surface area contributed by atoms with Gasteiger partial charge >= 0.3 is 0 Å². The number of imidazole rings is 1. The molecule has 0 saturated carbocycles. The Kier molecular flexibility index (Phi) is 4.35. The van der Waals surface area contributed by atoms with Gasteiger partial charge in [0.1, 0.15) is 5.82 Å². The number of rotatable bonds is 3. The van der Waals surface area contributed by atoms with E-state index in [9.17, 15) is 26.7 Å². The minimum absolute atomic E-state index is 0.193. The van der Waals surface area contributed by atoms with Crippen LogP contribution in [-0.4, -0.2) is 15.3 Å². The van der Waals surface area contributed by atoms with Crippen molar-refractivity contribution < 1.29 is 26.7 Å². The van der Waals surface area contributed by atoms with E-state index in [0.29, 0.717) is 11.1 Å². The lowest BCUT2D eigenvalue weighted by atomic mass is 10.1. The Morgan fingerprint density at radius 1 is 0.962 bits per heavy atom. The summed E-state index contributed by atoms with van der Waals surface area (Å²) in [7, 11) is 1.50. The van der Waals surface area contributed by atoms with Crippen LogP contribution in [0.4, 0.5) is 22.0 Å². The van der Waals surface area contributed by atoms with Crippen LogP contribution < -0.4 is 0 Å². The van der Waals surface area contributed by atoms with Gasteiger partial charge in [0.15, 0.2) is 29.1 Å². The first kappa shape index (κ1) is 17.8. The van der Waals surface area contributed by atoms with Crippen LogP contribution in [0.25, 0.3) is 22.6 Å². The van der Waals surface area contributed by atoms with E-state index in [-0.39, 0.29) is 11.6 Å². The first-order valence-electron chi connectivity index (χ1n) is 7.39. The molecule has 1 aromatic heterocycles. The molecule has 0 atom stereocenters. The Hall–Kier alpha value is -3.03. The SMILES string of the molecule is CC(=O)c1cccc(-c2nc(-c3c(F)c(F)c(F)c(F)c3F)cn2C)c1. The highest BCUT2D eigenvalue weighted by atomic mass is 19.2. The first-order chi connectivity index (χ1) is 12.2. The highest BCUT2D eigenvalue weighted by molar-refractivity contribution is 5.95. The van der Waals surface area contributed by atoms with Gasteiger partial charge in [-0.15, -0.1) is 0 Å². The number of Topliss-reactive ketones (excluding diaryl/α,β-unsaturated/α-hetero) is 1. The summed E-state index contributed by atoms with van der Waals surface area (Å²) in [6, 6.07) is 6.31. The van der Waals surface area contributed by atoms with E-state index in [1.165, 1.54) is 24.6 Å². The summed E-state index contributed by atoms with van der Waals surface area (Å²) in [6.45, 7) is 1.37. The second-order valence-corrected chi connectivity index (χ2v) is 5.64. The number of hydrogen-bond donors (Lipinski definition) is 0. The molecule has 1 heterocycles. The van der Waals surface area contributed by atoms with Crippen molar-refractivity contribution in [3.8, 4) is 22.6 Å². The molecule has 0 aliphatic rings. The predicted octanol–water partition coefficient (Wildman–Crippen LogP) is 4.65. The summed E-state index contributed by atoms with van der Waals surface area (Å²) in [5.74, 6) is -10.2. The number of aryl methyl sites for hydroxylation is 1. The molecular formula is C18H11F5N2O. The molecule has 0 bridgehead atoms. The second-order valence-electron chi connectivity index (χ2n) is 5.64.